The van der Waals surface area contributed by atoms with Gasteiger partial charge >= 0.3 is 5.97 Å². The summed E-state index contributed by atoms with van der Waals surface area (Å²) in [6, 6.07) is -0.250. The van der Waals surface area contributed by atoms with Crippen molar-refractivity contribution in [2.24, 2.45) is 17.8 Å². The minimum Gasteiger partial charge on any atom is -0.481 e. The maximum atomic E-state index is 12.4. The van der Waals surface area contributed by atoms with Gasteiger partial charge in [0.25, 0.3) is 0 Å². The molecule has 1 unspecified atom stereocenters. The van der Waals surface area contributed by atoms with Crippen LogP contribution in [0.15, 0.2) is 0 Å². The van der Waals surface area contributed by atoms with E-state index in [1.54, 1.807) is 0 Å². The van der Waals surface area contributed by atoms with Gasteiger partial charge in [-0.1, -0.05) is 6.42 Å². The minimum absolute atomic E-state index is 0.0774. The highest BCUT2D eigenvalue weighted by Gasteiger charge is 2.38. The number of carbonyl (C=O) groups is 3. The van der Waals surface area contributed by atoms with Crippen LogP contribution in [-0.2, 0) is 14.4 Å². The molecule has 6 nitrogen and oxygen atoms in total. The normalized spacial score (nSPS) is 31.8. The molecule has 0 aromatic carbocycles. The molecule has 3 rings (SSSR count). The molecule has 0 radical (unpaired) electrons. The Morgan fingerprint density at radius 1 is 0.955 bits per heavy atom. The van der Waals surface area contributed by atoms with Crippen molar-refractivity contribution in [1.29, 1.82) is 0 Å². The number of rotatable bonds is 4. The third kappa shape index (κ3) is 3.25. The van der Waals surface area contributed by atoms with Gasteiger partial charge in [-0.05, 0) is 38.5 Å². The van der Waals surface area contributed by atoms with Crippen molar-refractivity contribution in [3.8, 4) is 0 Å². The van der Waals surface area contributed by atoms with Crippen molar-refractivity contribution in [3.63, 3.8) is 0 Å². The van der Waals surface area contributed by atoms with Crippen LogP contribution in [0.4, 0.5) is 0 Å². The molecule has 0 bridgehead atoms. The fraction of sp³-hybridized carbons (Fsp3) is 0.812. The lowest BCUT2D eigenvalue weighted by Gasteiger charge is -2.33. The quantitative estimate of drug-likeness (QED) is 0.811. The first-order chi connectivity index (χ1) is 10.6. The molecule has 2 aliphatic carbocycles. The number of nitrogens with zero attached hydrogens (tertiary/aromatic N) is 1. The van der Waals surface area contributed by atoms with E-state index in [9.17, 15) is 19.5 Å². The Morgan fingerprint density at radius 3 is 2.41 bits per heavy atom. The lowest BCUT2D eigenvalue weighted by molar-refractivity contribution is -0.142. The number of carboxylic acid groups (broad SMARTS) is 1. The third-order valence-electron chi connectivity index (χ3n) is 5.19. The van der Waals surface area contributed by atoms with Crippen molar-refractivity contribution in [2.45, 2.75) is 51.0 Å². The zero-order valence-corrected chi connectivity index (χ0v) is 12.8. The standard InChI is InChI=1S/C16H24N2O4/c19-14(17-13-5-1-4-12(13)16(21)22)11-3-2-8-18(9-11)15(20)10-6-7-10/h10-13H,1-9H2,(H,17,19)(H,21,22)/t11?,12-,13+/m1/s1. The van der Waals surface area contributed by atoms with Crippen LogP contribution in [0.1, 0.15) is 44.9 Å². The molecule has 1 saturated heterocycles. The molecule has 0 aromatic rings. The summed E-state index contributed by atoms with van der Waals surface area (Å²) in [7, 11) is 0. The minimum atomic E-state index is -0.822. The van der Waals surface area contributed by atoms with Gasteiger partial charge in [0.2, 0.25) is 11.8 Å². The Hall–Kier alpha value is -1.59. The maximum absolute atomic E-state index is 12.4. The highest BCUT2D eigenvalue weighted by molar-refractivity contribution is 5.84. The number of nitrogens with one attached hydrogen (secondary N) is 1. The van der Waals surface area contributed by atoms with Gasteiger partial charge in [-0.3, -0.25) is 14.4 Å². The number of amides is 2. The van der Waals surface area contributed by atoms with Crippen LogP contribution >= 0.6 is 0 Å². The average Bonchev–Trinajstić information content (AvgIpc) is 3.26. The molecule has 1 aliphatic heterocycles. The summed E-state index contributed by atoms with van der Waals surface area (Å²) in [6.45, 7) is 1.24. The summed E-state index contributed by atoms with van der Waals surface area (Å²) in [6.07, 6.45) is 5.81. The van der Waals surface area contributed by atoms with Gasteiger partial charge in [-0.25, -0.2) is 0 Å². The van der Waals surface area contributed by atoms with Gasteiger partial charge < -0.3 is 15.3 Å². The number of hydrogen-bond donors (Lipinski definition) is 2. The van der Waals surface area contributed by atoms with E-state index in [1.807, 2.05) is 4.90 Å². The van der Waals surface area contributed by atoms with Gasteiger partial charge in [0, 0.05) is 25.0 Å². The molecular formula is C16H24N2O4. The Bertz CT molecular complexity index is 475. The molecule has 22 heavy (non-hydrogen) atoms. The van der Waals surface area contributed by atoms with E-state index >= 15 is 0 Å². The largest absolute Gasteiger partial charge is 0.481 e. The van der Waals surface area contributed by atoms with Gasteiger partial charge in [-0.15, -0.1) is 0 Å². The summed E-state index contributed by atoms with van der Waals surface area (Å²) in [4.78, 5) is 37.6. The third-order valence-corrected chi connectivity index (χ3v) is 5.19. The number of carboxylic acids is 1. The summed E-state index contributed by atoms with van der Waals surface area (Å²) >= 11 is 0. The second-order valence-corrected chi connectivity index (χ2v) is 6.89. The van der Waals surface area contributed by atoms with Gasteiger partial charge in [0.15, 0.2) is 0 Å². The maximum Gasteiger partial charge on any atom is 0.308 e. The van der Waals surface area contributed by atoms with Crippen LogP contribution in [0, 0.1) is 17.8 Å². The Labute approximate surface area is 130 Å². The fourth-order valence-electron chi connectivity index (χ4n) is 3.71. The molecular weight excluding hydrogens is 284 g/mol. The van der Waals surface area contributed by atoms with Gasteiger partial charge in [0.05, 0.1) is 11.8 Å². The molecule has 2 N–H and O–H groups in total. The van der Waals surface area contributed by atoms with Crippen LogP contribution in [0.3, 0.4) is 0 Å². The average molecular weight is 308 g/mol. The van der Waals surface area contributed by atoms with Crippen molar-refractivity contribution in [3.05, 3.63) is 0 Å². The zero-order chi connectivity index (χ0) is 15.7. The topological polar surface area (TPSA) is 86.7 Å². The van der Waals surface area contributed by atoms with Crippen LogP contribution in [0.5, 0.6) is 0 Å². The monoisotopic (exact) mass is 308 g/mol. The van der Waals surface area contributed by atoms with E-state index < -0.39 is 11.9 Å². The highest BCUT2D eigenvalue weighted by atomic mass is 16.4. The number of aliphatic carboxylic acids is 1. The van der Waals surface area contributed by atoms with Crippen LogP contribution in [0.2, 0.25) is 0 Å². The van der Waals surface area contributed by atoms with Crippen LogP contribution in [0.25, 0.3) is 0 Å². The highest BCUT2D eigenvalue weighted by Crippen LogP contribution is 2.33. The zero-order valence-electron chi connectivity index (χ0n) is 12.8. The lowest BCUT2D eigenvalue weighted by Crippen LogP contribution is -2.49. The summed E-state index contributed by atoms with van der Waals surface area (Å²) in [5, 5.41) is 12.1. The molecule has 2 saturated carbocycles. The Kier molecular flexibility index (Phi) is 4.36. The van der Waals surface area contributed by atoms with E-state index in [0.29, 0.717) is 13.0 Å². The van der Waals surface area contributed by atoms with E-state index in [1.165, 1.54) is 0 Å². The summed E-state index contributed by atoms with van der Waals surface area (Å²) in [5.41, 5.74) is 0. The predicted octanol–water partition coefficient (Wildman–Crippen LogP) is 1.00. The van der Waals surface area contributed by atoms with Crippen molar-refractivity contribution in [2.75, 3.05) is 13.1 Å². The van der Waals surface area contributed by atoms with Gasteiger partial charge in [-0.2, -0.15) is 0 Å². The number of carbonyl (C=O) groups excluding carboxylic acids is 2. The van der Waals surface area contributed by atoms with Gasteiger partial charge in [0.1, 0.15) is 0 Å². The fourth-order valence-corrected chi connectivity index (χ4v) is 3.71. The second kappa shape index (κ2) is 6.26. The molecule has 2 amide bonds. The first-order valence-electron chi connectivity index (χ1n) is 8.38. The molecule has 0 aromatic heterocycles. The number of piperidine rings is 1. The SMILES string of the molecule is O=C(N[C@H]1CCC[C@H]1C(=O)O)C1CCCN(C(=O)C2CC2)C1. The van der Waals surface area contributed by atoms with Crippen molar-refractivity contribution in [1.82, 2.24) is 10.2 Å². The van der Waals surface area contributed by atoms with Crippen LogP contribution in [-0.4, -0.2) is 46.9 Å². The van der Waals surface area contributed by atoms with Crippen molar-refractivity contribution >= 4 is 17.8 Å². The van der Waals surface area contributed by atoms with E-state index in [-0.39, 0.29) is 29.7 Å². The van der Waals surface area contributed by atoms with Crippen molar-refractivity contribution < 1.29 is 19.5 Å². The second-order valence-electron chi connectivity index (χ2n) is 6.89. The number of hydrogen-bond acceptors (Lipinski definition) is 3. The molecule has 3 fully saturated rings. The molecule has 3 aliphatic rings. The Morgan fingerprint density at radius 2 is 1.73 bits per heavy atom. The first-order valence-corrected chi connectivity index (χ1v) is 8.38. The van der Waals surface area contributed by atoms with Crippen LogP contribution < -0.4 is 5.32 Å². The smallest absolute Gasteiger partial charge is 0.308 e. The van der Waals surface area contributed by atoms with E-state index in [4.69, 9.17) is 0 Å². The number of likely N-dealkylation sites (tertiary alicyclic amines) is 1. The molecule has 0 spiro atoms. The van der Waals surface area contributed by atoms with E-state index in [0.717, 1.165) is 45.1 Å². The Balaban J connectivity index is 1.55. The molecule has 122 valence electrons. The van der Waals surface area contributed by atoms with E-state index in [2.05, 4.69) is 5.32 Å². The molecule has 6 heteroatoms. The molecule has 3 atom stereocenters. The summed E-state index contributed by atoms with van der Waals surface area (Å²) in [5.74, 6) is -1.17. The molecule has 1 heterocycles. The first kappa shape index (κ1) is 15.3. The lowest BCUT2D eigenvalue weighted by atomic mass is 9.95. The predicted molar refractivity (Wildman–Crippen MR) is 78.9 cm³/mol. The summed E-state index contributed by atoms with van der Waals surface area (Å²) < 4.78 is 0.